The van der Waals surface area contributed by atoms with Gasteiger partial charge >= 0.3 is 0 Å². The highest BCUT2D eigenvalue weighted by atomic mass is 32.2. The van der Waals surface area contributed by atoms with Gasteiger partial charge in [-0.15, -0.1) is 0 Å². The van der Waals surface area contributed by atoms with Gasteiger partial charge in [-0.3, -0.25) is 4.99 Å². The van der Waals surface area contributed by atoms with Crippen LogP contribution in [0.15, 0.2) is 28.1 Å². The highest BCUT2D eigenvalue weighted by Gasteiger charge is 2.33. The summed E-state index contributed by atoms with van der Waals surface area (Å²) >= 11 is 1.74. The fourth-order valence-electron chi connectivity index (χ4n) is 1.89. The maximum Gasteiger partial charge on any atom is 0.169 e. The van der Waals surface area contributed by atoms with Gasteiger partial charge in [0.05, 0.1) is 18.3 Å². The molecule has 0 radical (unpaired) electrons. The summed E-state index contributed by atoms with van der Waals surface area (Å²) in [5.41, 5.74) is 7.83. The van der Waals surface area contributed by atoms with E-state index in [-0.39, 0.29) is 0 Å². The molecule has 0 fully saturated rings. The van der Waals surface area contributed by atoms with E-state index in [4.69, 9.17) is 5.73 Å². The molecule has 2 aliphatic heterocycles. The second-order valence-electron chi connectivity index (χ2n) is 3.67. The van der Waals surface area contributed by atoms with Crippen LogP contribution in [0, 0.1) is 0 Å². The van der Waals surface area contributed by atoms with Crippen LogP contribution in [0.5, 0.6) is 0 Å². The summed E-state index contributed by atoms with van der Waals surface area (Å²) < 4.78 is 0. The predicted molar refractivity (Wildman–Crippen MR) is 61.0 cm³/mol. The molecule has 2 heterocycles. The molecule has 0 aromatic heterocycles. The van der Waals surface area contributed by atoms with Crippen molar-refractivity contribution >= 4 is 28.3 Å². The molecule has 0 saturated carbocycles. The van der Waals surface area contributed by atoms with Gasteiger partial charge in [-0.2, -0.15) is 0 Å². The van der Waals surface area contributed by atoms with Crippen molar-refractivity contribution in [2.24, 2.45) is 4.99 Å². The van der Waals surface area contributed by atoms with Crippen molar-refractivity contribution in [1.82, 2.24) is 0 Å². The average Bonchev–Trinajstić information content (AvgIpc) is 2.67. The molecule has 0 amide bonds. The molecule has 3 nitrogen and oxygen atoms in total. The van der Waals surface area contributed by atoms with E-state index in [9.17, 15) is 0 Å². The Balaban J connectivity index is 2.14. The summed E-state index contributed by atoms with van der Waals surface area (Å²) in [5, 5.41) is 1.12. The Morgan fingerprint density at radius 2 is 2.43 bits per heavy atom. The predicted octanol–water partition coefficient (Wildman–Crippen LogP) is 1.94. The molecular weight excluding hydrogens is 194 g/mol. The topological polar surface area (TPSA) is 41.6 Å². The summed E-state index contributed by atoms with van der Waals surface area (Å²) in [6.45, 7) is 3.09. The Kier molecular flexibility index (Phi) is 1.56. The molecule has 0 bridgehead atoms. The minimum atomic E-state index is 0.473. The first kappa shape index (κ1) is 8.17. The van der Waals surface area contributed by atoms with Gasteiger partial charge in [0.1, 0.15) is 0 Å². The molecule has 1 atom stereocenters. The third-order valence-corrected chi connectivity index (χ3v) is 3.65. The van der Waals surface area contributed by atoms with Crippen LogP contribution in [0.25, 0.3) is 0 Å². The molecule has 4 heteroatoms. The molecule has 14 heavy (non-hydrogen) atoms. The first-order valence-corrected chi connectivity index (χ1v) is 5.48. The molecule has 2 N–H and O–H groups in total. The van der Waals surface area contributed by atoms with Gasteiger partial charge in [0, 0.05) is 10.6 Å². The SMILES string of the molecule is CC1CN=C2Sc3ccc(N)cc3N21. The smallest absolute Gasteiger partial charge is 0.169 e. The number of amidine groups is 1. The number of nitrogens with two attached hydrogens (primary N) is 1. The van der Waals surface area contributed by atoms with Crippen LogP contribution < -0.4 is 10.6 Å². The van der Waals surface area contributed by atoms with Crippen LogP contribution >= 0.6 is 11.8 Å². The molecule has 2 aliphatic rings. The Bertz CT molecular complexity index is 427. The summed E-state index contributed by atoms with van der Waals surface area (Å²) in [7, 11) is 0. The fourth-order valence-corrected chi connectivity index (χ4v) is 3.00. The zero-order valence-corrected chi connectivity index (χ0v) is 8.71. The minimum Gasteiger partial charge on any atom is -0.399 e. The van der Waals surface area contributed by atoms with E-state index in [1.54, 1.807) is 11.8 Å². The molecule has 1 aromatic carbocycles. The Hall–Kier alpha value is -1.16. The molecule has 3 rings (SSSR count). The number of rotatable bonds is 0. The maximum atomic E-state index is 5.78. The van der Waals surface area contributed by atoms with E-state index >= 15 is 0 Å². The normalized spacial score (nSPS) is 23.4. The molecule has 1 unspecified atom stereocenters. The maximum absolute atomic E-state index is 5.78. The molecule has 0 aliphatic carbocycles. The van der Waals surface area contributed by atoms with Crippen molar-refractivity contribution in [3.05, 3.63) is 18.2 Å². The number of thioether (sulfide) groups is 1. The van der Waals surface area contributed by atoms with E-state index in [1.807, 2.05) is 12.1 Å². The lowest BCUT2D eigenvalue weighted by Gasteiger charge is -2.19. The van der Waals surface area contributed by atoms with Crippen LogP contribution in [0.1, 0.15) is 6.92 Å². The summed E-state index contributed by atoms with van der Waals surface area (Å²) in [5.74, 6) is 0. The summed E-state index contributed by atoms with van der Waals surface area (Å²) in [4.78, 5) is 8.03. The molecule has 1 aromatic rings. The summed E-state index contributed by atoms with van der Waals surface area (Å²) in [6, 6.07) is 6.52. The molecule has 72 valence electrons. The lowest BCUT2D eigenvalue weighted by Crippen LogP contribution is -2.30. The van der Waals surface area contributed by atoms with Crippen molar-refractivity contribution in [2.45, 2.75) is 17.9 Å². The first-order chi connectivity index (χ1) is 6.75. The van der Waals surface area contributed by atoms with Crippen molar-refractivity contribution < 1.29 is 0 Å². The van der Waals surface area contributed by atoms with Crippen molar-refractivity contribution in [1.29, 1.82) is 0 Å². The van der Waals surface area contributed by atoms with E-state index in [0.717, 1.165) is 17.4 Å². The second-order valence-corrected chi connectivity index (χ2v) is 4.68. The lowest BCUT2D eigenvalue weighted by molar-refractivity contribution is 0.783. The zero-order chi connectivity index (χ0) is 9.71. The Morgan fingerprint density at radius 3 is 3.29 bits per heavy atom. The Morgan fingerprint density at radius 1 is 1.57 bits per heavy atom. The number of anilines is 2. The second kappa shape index (κ2) is 2.67. The summed E-state index contributed by atoms with van der Waals surface area (Å²) in [6.07, 6.45) is 0. The highest BCUT2D eigenvalue weighted by Crippen LogP contribution is 2.44. The lowest BCUT2D eigenvalue weighted by atomic mass is 10.2. The number of nitrogen functional groups attached to an aromatic ring is 1. The number of aliphatic imine (C=N–C) groups is 1. The van der Waals surface area contributed by atoms with Crippen LogP contribution in [-0.4, -0.2) is 17.8 Å². The van der Waals surface area contributed by atoms with Gasteiger partial charge in [-0.25, -0.2) is 0 Å². The van der Waals surface area contributed by atoms with Crippen molar-refractivity contribution in [3.8, 4) is 0 Å². The van der Waals surface area contributed by atoms with Crippen LogP contribution in [-0.2, 0) is 0 Å². The molecule has 0 saturated heterocycles. The van der Waals surface area contributed by atoms with Gasteiger partial charge in [0.15, 0.2) is 5.17 Å². The van der Waals surface area contributed by atoms with Gasteiger partial charge in [0.2, 0.25) is 0 Å². The van der Waals surface area contributed by atoms with Crippen molar-refractivity contribution in [2.75, 3.05) is 17.2 Å². The quantitative estimate of drug-likeness (QED) is 0.658. The Labute approximate surface area is 87.0 Å². The largest absolute Gasteiger partial charge is 0.399 e. The van der Waals surface area contributed by atoms with Gasteiger partial charge in [-0.05, 0) is 36.9 Å². The number of fused-ring (bicyclic) bond motifs is 3. The van der Waals surface area contributed by atoms with E-state index in [0.29, 0.717) is 6.04 Å². The van der Waals surface area contributed by atoms with Crippen LogP contribution in [0.2, 0.25) is 0 Å². The van der Waals surface area contributed by atoms with E-state index < -0.39 is 0 Å². The number of hydrogen-bond donors (Lipinski definition) is 1. The van der Waals surface area contributed by atoms with Crippen LogP contribution in [0.4, 0.5) is 11.4 Å². The van der Waals surface area contributed by atoms with E-state index in [2.05, 4.69) is 22.9 Å². The monoisotopic (exact) mass is 205 g/mol. The number of hydrogen-bond acceptors (Lipinski definition) is 4. The van der Waals surface area contributed by atoms with Gasteiger partial charge in [-0.1, -0.05) is 0 Å². The molecular formula is C10H11N3S. The van der Waals surface area contributed by atoms with Gasteiger partial charge in [0.25, 0.3) is 0 Å². The number of nitrogens with zero attached hydrogens (tertiary/aromatic N) is 2. The molecule has 0 spiro atoms. The highest BCUT2D eigenvalue weighted by molar-refractivity contribution is 8.14. The fraction of sp³-hybridized carbons (Fsp3) is 0.300. The van der Waals surface area contributed by atoms with Crippen LogP contribution in [0.3, 0.4) is 0 Å². The minimum absolute atomic E-state index is 0.473. The standard InChI is InChI=1S/C10H11N3S/c1-6-5-12-10-13(6)8-4-7(11)2-3-9(8)14-10/h2-4,6H,5,11H2,1H3. The first-order valence-electron chi connectivity index (χ1n) is 4.67. The zero-order valence-electron chi connectivity index (χ0n) is 7.90. The third-order valence-electron chi connectivity index (χ3n) is 2.58. The van der Waals surface area contributed by atoms with E-state index in [1.165, 1.54) is 10.6 Å². The average molecular weight is 205 g/mol. The third kappa shape index (κ3) is 0.973. The van der Waals surface area contributed by atoms with Gasteiger partial charge < -0.3 is 10.6 Å². The number of benzene rings is 1. The van der Waals surface area contributed by atoms with Crippen molar-refractivity contribution in [3.63, 3.8) is 0 Å².